The lowest BCUT2D eigenvalue weighted by molar-refractivity contribution is 0.328. The molecule has 0 heterocycles. The van der Waals surface area contributed by atoms with Crippen molar-refractivity contribution in [3.63, 3.8) is 0 Å². The van der Waals surface area contributed by atoms with E-state index in [1.165, 1.54) is 0 Å². The number of likely N-dealkylation sites (N-methyl/N-ethyl adjacent to an activating group) is 1. The highest BCUT2D eigenvalue weighted by Gasteiger charge is 2.11. The van der Waals surface area contributed by atoms with E-state index in [1.54, 1.807) is 0 Å². The van der Waals surface area contributed by atoms with Gasteiger partial charge in [0.2, 0.25) is 0 Å². The Morgan fingerprint density at radius 2 is 2.00 bits per heavy atom. The summed E-state index contributed by atoms with van der Waals surface area (Å²) in [5.74, 6) is 0.659. The maximum absolute atomic E-state index is 5.45. The van der Waals surface area contributed by atoms with E-state index in [4.69, 9.17) is 18.0 Å². The average Bonchev–Trinajstić information content (AvgIpc) is 1.80. The lowest BCUT2D eigenvalue weighted by Gasteiger charge is -2.23. The Morgan fingerprint density at radius 1 is 1.46 bits per heavy atom. The van der Waals surface area contributed by atoms with Crippen LogP contribution in [0.5, 0.6) is 0 Å². The van der Waals surface area contributed by atoms with Crippen molar-refractivity contribution in [1.29, 1.82) is 0 Å². The number of nitrogens with two attached hydrogens (primary N) is 1. The standard InChI is InChI=1S/C9H21N3S/c1-7(2)5-8(6-12(3)4)11-9(10)13/h7-8H,5-6H2,1-4H3,(H3,10,11,13). The number of rotatable bonds is 5. The molecule has 0 aliphatic rings. The van der Waals surface area contributed by atoms with Gasteiger partial charge in [0.15, 0.2) is 5.11 Å². The van der Waals surface area contributed by atoms with Crippen molar-refractivity contribution in [2.75, 3.05) is 20.6 Å². The molecule has 0 amide bonds. The maximum atomic E-state index is 5.45. The Bertz CT molecular complexity index is 147. The second kappa shape index (κ2) is 6.16. The van der Waals surface area contributed by atoms with Crippen molar-refractivity contribution in [3.05, 3.63) is 0 Å². The summed E-state index contributed by atoms with van der Waals surface area (Å²) in [7, 11) is 4.10. The first-order chi connectivity index (χ1) is 5.91. The van der Waals surface area contributed by atoms with E-state index in [0.29, 0.717) is 17.1 Å². The predicted octanol–water partition coefficient (Wildman–Crippen LogP) is 0.796. The molecule has 4 heteroatoms. The quantitative estimate of drug-likeness (QED) is 0.648. The van der Waals surface area contributed by atoms with Crippen LogP contribution in [0.4, 0.5) is 0 Å². The van der Waals surface area contributed by atoms with Crippen LogP contribution < -0.4 is 11.1 Å². The molecular weight excluding hydrogens is 182 g/mol. The molecule has 1 unspecified atom stereocenters. The summed E-state index contributed by atoms with van der Waals surface area (Å²) in [5, 5.41) is 3.51. The van der Waals surface area contributed by atoms with Crippen LogP contribution in [0.3, 0.4) is 0 Å². The van der Waals surface area contributed by atoms with E-state index in [1.807, 2.05) is 0 Å². The van der Waals surface area contributed by atoms with Crippen molar-refractivity contribution in [3.8, 4) is 0 Å². The van der Waals surface area contributed by atoms with Crippen LogP contribution in [0.2, 0.25) is 0 Å². The zero-order valence-electron chi connectivity index (χ0n) is 9.00. The van der Waals surface area contributed by atoms with Crippen LogP contribution >= 0.6 is 12.2 Å². The van der Waals surface area contributed by atoms with Crippen molar-refractivity contribution in [2.24, 2.45) is 11.7 Å². The molecule has 0 bridgehead atoms. The highest BCUT2D eigenvalue weighted by atomic mass is 32.1. The van der Waals surface area contributed by atoms with Gasteiger partial charge in [0, 0.05) is 12.6 Å². The largest absolute Gasteiger partial charge is 0.376 e. The van der Waals surface area contributed by atoms with E-state index < -0.39 is 0 Å². The Balaban J connectivity index is 3.95. The van der Waals surface area contributed by atoms with Gasteiger partial charge in [-0.3, -0.25) is 0 Å². The average molecular weight is 203 g/mol. The summed E-state index contributed by atoms with van der Waals surface area (Å²) in [5.41, 5.74) is 5.45. The van der Waals surface area contributed by atoms with Gasteiger partial charge < -0.3 is 16.0 Å². The SMILES string of the molecule is CC(C)CC(CN(C)C)NC(N)=S. The normalized spacial score (nSPS) is 13.4. The molecule has 0 aliphatic carbocycles. The minimum atomic E-state index is 0.368. The topological polar surface area (TPSA) is 41.3 Å². The molecule has 3 nitrogen and oxygen atoms in total. The van der Waals surface area contributed by atoms with E-state index in [2.05, 4.69) is 38.2 Å². The van der Waals surface area contributed by atoms with Crippen molar-refractivity contribution in [2.45, 2.75) is 26.3 Å². The molecule has 78 valence electrons. The molecule has 0 radical (unpaired) electrons. The highest BCUT2D eigenvalue weighted by molar-refractivity contribution is 7.80. The van der Waals surface area contributed by atoms with Crippen LogP contribution in [0.15, 0.2) is 0 Å². The third-order valence-corrected chi connectivity index (χ3v) is 1.81. The molecule has 0 saturated heterocycles. The maximum Gasteiger partial charge on any atom is 0.163 e. The van der Waals surface area contributed by atoms with Gasteiger partial charge in [0.1, 0.15) is 0 Å². The summed E-state index contributed by atoms with van der Waals surface area (Å²) in [4.78, 5) is 2.14. The van der Waals surface area contributed by atoms with Crippen LogP contribution in [0, 0.1) is 5.92 Å². The Hall–Kier alpha value is -0.350. The fourth-order valence-corrected chi connectivity index (χ4v) is 1.56. The number of thiocarbonyl (C=S) groups is 1. The first-order valence-electron chi connectivity index (χ1n) is 4.62. The van der Waals surface area contributed by atoms with Crippen molar-refractivity contribution < 1.29 is 0 Å². The van der Waals surface area contributed by atoms with Gasteiger partial charge >= 0.3 is 0 Å². The predicted molar refractivity (Wildman–Crippen MR) is 61.7 cm³/mol. The Morgan fingerprint density at radius 3 is 2.31 bits per heavy atom. The van der Waals surface area contributed by atoms with Crippen LogP contribution in [-0.2, 0) is 0 Å². The van der Waals surface area contributed by atoms with Gasteiger partial charge in [-0.2, -0.15) is 0 Å². The third kappa shape index (κ3) is 7.99. The molecule has 13 heavy (non-hydrogen) atoms. The Kier molecular flexibility index (Phi) is 5.99. The summed E-state index contributed by atoms with van der Waals surface area (Å²) in [6, 6.07) is 0.368. The fraction of sp³-hybridized carbons (Fsp3) is 0.889. The van der Waals surface area contributed by atoms with Crippen LogP contribution in [0.1, 0.15) is 20.3 Å². The number of hydrogen-bond acceptors (Lipinski definition) is 2. The molecule has 0 aliphatic heterocycles. The molecule has 0 aromatic heterocycles. The zero-order chi connectivity index (χ0) is 10.4. The Labute approximate surface area is 86.7 Å². The number of hydrogen-bond donors (Lipinski definition) is 2. The second-order valence-corrected chi connectivity index (χ2v) is 4.54. The lowest BCUT2D eigenvalue weighted by Crippen LogP contribution is -2.44. The van der Waals surface area contributed by atoms with Gasteiger partial charge in [-0.25, -0.2) is 0 Å². The first kappa shape index (κ1) is 12.7. The monoisotopic (exact) mass is 203 g/mol. The summed E-state index contributed by atoms with van der Waals surface area (Å²) < 4.78 is 0. The molecule has 0 aromatic carbocycles. The molecular formula is C9H21N3S. The molecule has 1 atom stereocenters. The van der Waals surface area contributed by atoms with Gasteiger partial charge in [-0.1, -0.05) is 13.8 Å². The summed E-state index contributed by atoms with van der Waals surface area (Å²) >= 11 is 4.83. The van der Waals surface area contributed by atoms with Crippen molar-refractivity contribution >= 4 is 17.3 Å². The minimum Gasteiger partial charge on any atom is -0.376 e. The van der Waals surface area contributed by atoms with E-state index >= 15 is 0 Å². The second-order valence-electron chi connectivity index (χ2n) is 4.10. The van der Waals surface area contributed by atoms with Crippen LogP contribution in [-0.4, -0.2) is 36.7 Å². The highest BCUT2D eigenvalue weighted by Crippen LogP contribution is 2.05. The van der Waals surface area contributed by atoms with Gasteiger partial charge in [-0.15, -0.1) is 0 Å². The number of nitrogens with zero attached hydrogens (tertiary/aromatic N) is 1. The zero-order valence-corrected chi connectivity index (χ0v) is 9.82. The van der Waals surface area contributed by atoms with Crippen molar-refractivity contribution in [1.82, 2.24) is 10.2 Å². The minimum absolute atomic E-state index is 0.368. The van der Waals surface area contributed by atoms with E-state index in [9.17, 15) is 0 Å². The molecule has 0 spiro atoms. The number of nitrogens with one attached hydrogen (secondary N) is 1. The van der Waals surface area contributed by atoms with Gasteiger partial charge in [0.25, 0.3) is 0 Å². The first-order valence-corrected chi connectivity index (χ1v) is 5.03. The molecule has 0 rings (SSSR count). The van der Waals surface area contributed by atoms with Crippen LogP contribution in [0.25, 0.3) is 0 Å². The van der Waals surface area contributed by atoms with E-state index in [0.717, 1.165) is 13.0 Å². The molecule has 0 saturated carbocycles. The summed E-state index contributed by atoms with van der Waals surface area (Å²) in [6.07, 6.45) is 1.09. The van der Waals surface area contributed by atoms with E-state index in [-0.39, 0.29) is 0 Å². The molecule has 3 N–H and O–H groups in total. The fourth-order valence-electron chi connectivity index (χ4n) is 1.39. The smallest absolute Gasteiger partial charge is 0.163 e. The molecule has 0 aromatic rings. The lowest BCUT2D eigenvalue weighted by atomic mass is 10.0. The van der Waals surface area contributed by atoms with Gasteiger partial charge in [0.05, 0.1) is 0 Å². The summed E-state index contributed by atoms with van der Waals surface area (Å²) in [6.45, 7) is 5.36. The molecule has 0 fully saturated rings. The third-order valence-electron chi connectivity index (χ3n) is 1.69. The van der Waals surface area contributed by atoms with Gasteiger partial charge in [-0.05, 0) is 38.7 Å².